The van der Waals surface area contributed by atoms with Gasteiger partial charge in [-0.3, -0.25) is 9.59 Å². The second-order valence-electron chi connectivity index (χ2n) is 7.23. The molecule has 0 fully saturated rings. The van der Waals surface area contributed by atoms with E-state index < -0.39 is 0 Å². The van der Waals surface area contributed by atoms with Crippen molar-refractivity contribution in [2.24, 2.45) is 7.05 Å². The van der Waals surface area contributed by atoms with E-state index >= 15 is 0 Å². The lowest BCUT2D eigenvalue weighted by molar-refractivity contribution is 0.103. The molecule has 4 aromatic rings. The number of nitrogens with zero attached hydrogens (tertiary/aromatic N) is 1. The van der Waals surface area contributed by atoms with E-state index in [4.69, 9.17) is 0 Å². The highest BCUT2D eigenvalue weighted by atomic mass is 16.1. The molecule has 1 aromatic heterocycles. The third kappa shape index (κ3) is 3.40. The van der Waals surface area contributed by atoms with Gasteiger partial charge in [-0.05, 0) is 36.1 Å². The standard InChI is InChI=1S/C26H23NO2/c1-3-22-24(26(29)21-15-9-10-16-23(21)27(22)2)25(28)20-14-8-7-13-19(20)17-18-11-5-4-6-12-18/h4-16H,3,17H2,1-2H3. The minimum atomic E-state index is -0.195. The lowest BCUT2D eigenvalue weighted by Gasteiger charge is -2.17. The van der Waals surface area contributed by atoms with Gasteiger partial charge in [-0.2, -0.15) is 0 Å². The van der Waals surface area contributed by atoms with E-state index in [0.717, 1.165) is 22.3 Å². The zero-order chi connectivity index (χ0) is 20.4. The highest BCUT2D eigenvalue weighted by molar-refractivity contribution is 6.12. The Hall–Kier alpha value is -3.46. The molecule has 1 heterocycles. The maximum absolute atomic E-state index is 13.6. The number of fused-ring (bicyclic) bond motifs is 1. The van der Waals surface area contributed by atoms with Crippen LogP contribution in [0.25, 0.3) is 10.9 Å². The fraction of sp³-hybridized carbons (Fsp3) is 0.154. The van der Waals surface area contributed by atoms with E-state index in [-0.39, 0.29) is 16.8 Å². The number of hydrogen-bond acceptors (Lipinski definition) is 2. The van der Waals surface area contributed by atoms with Gasteiger partial charge in [0.1, 0.15) is 0 Å². The predicted molar refractivity (Wildman–Crippen MR) is 118 cm³/mol. The van der Waals surface area contributed by atoms with Gasteiger partial charge in [-0.1, -0.05) is 73.7 Å². The molecule has 0 saturated heterocycles. The maximum atomic E-state index is 13.6. The molecular weight excluding hydrogens is 358 g/mol. The van der Waals surface area contributed by atoms with Crippen molar-refractivity contribution in [1.29, 1.82) is 0 Å². The molecule has 0 amide bonds. The first-order valence-electron chi connectivity index (χ1n) is 9.89. The summed E-state index contributed by atoms with van der Waals surface area (Å²) in [6.07, 6.45) is 1.26. The molecule has 0 bridgehead atoms. The molecule has 4 rings (SSSR count). The Labute approximate surface area is 170 Å². The Kier molecular flexibility index (Phi) is 5.13. The molecule has 3 heteroatoms. The molecule has 0 radical (unpaired) electrons. The summed E-state index contributed by atoms with van der Waals surface area (Å²) in [6, 6.07) is 25.1. The van der Waals surface area contributed by atoms with Crippen molar-refractivity contribution >= 4 is 16.7 Å². The fourth-order valence-corrected chi connectivity index (χ4v) is 4.03. The molecule has 3 nitrogen and oxygen atoms in total. The molecule has 144 valence electrons. The molecule has 0 aliphatic rings. The normalized spacial score (nSPS) is 11.0. The van der Waals surface area contributed by atoms with Crippen LogP contribution in [0.1, 0.15) is 39.7 Å². The topological polar surface area (TPSA) is 39.1 Å². The molecule has 0 aliphatic carbocycles. The number of benzene rings is 3. The zero-order valence-electron chi connectivity index (χ0n) is 16.7. The Morgan fingerprint density at radius 2 is 1.52 bits per heavy atom. The molecular formula is C26H23NO2. The Morgan fingerprint density at radius 1 is 0.862 bits per heavy atom. The van der Waals surface area contributed by atoms with Crippen molar-refractivity contribution in [1.82, 2.24) is 4.57 Å². The van der Waals surface area contributed by atoms with Gasteiger partial charge in [0.2, 0.25) is 5.43 Å². The van der Waals surface area contributed by atoms with Gasteiger partial charge >= 0.3 is 0 Å². The lowest BCUT2D eigenvalue weighted by atomic mass is 9.92. The molecule has 29 heavy (non-hydrogen) atoms. The SMILES string of the molecule is CCc1c(C(=O)c2ccccc2Cc2ccccc2)c(=O)c2ccccc2n1C. The summed E-state index contributed by atoms with van der Waals surface area (Å²) < 4.78 is 1.98. The van der Waals surface area contributed by atoms with Crippen molar-refractivity contribution < 1.29 is 4.79 Å². The number of pyridine rings is 1. The van der Waals surface area contributed by atoms with Crippen LogP contribution in [0.15, 0.2) is 83.7 Å². The van der Waals surface area contributed by atoms with Crippen LogP contribution in [0.3, 0.4) is 0 Å². The third-order valence-electron chi connectivity index (χ3n) is 5.49. The number of carbonyl (C=O) groups is 1. The van der Waals surface area contributed by atoms with Crippen LogP contribution in [0.4, 0.5) is 0 Å². The van der Waals surface area contributed by atoms with Gasteiger partial charge in [0.25, 0.3) is 0 Å². The molecule has 0 spiro atoms. The van der Waals surface area contributed by atoms with Gasteiger partial charge < -0.3 is 4.57 Å². The summed E-state index contributed by atoms with van der Waals surface area (Å²) in [5.41, 5.74) is 4.38. The van der Waals surface area contributed by atoms with E-state index in [1.165, 1.54) is 0 Å². The minimum absolute atomic E-state index is 0.185. The number of rotatable bonds is 5. The monoisotopic (exact) mass is 381 g/mol. The second-order valence-corrected chi connectivity index (χ2v) is 7.23. The third-order valence-corrected chi connectivity index (χ3v) is 5.49. The van der Waals surface area contributed by atoms with E-state index in [1.807, 2.05) is 91.3 Å². The van der Waals surface area contributed by atoms with Crippen LogP contribution in [0.5, 0.6) is 0 Å². The highest BCUT2D eigenvalue weighted by Crippen LogP contribution is 2.22. The number of para-hydroxylation sites is 1. The summed E-state index contributed by atoms with van der Waals surface area (Å²) in [7, 11) is 1.92. The quantitative estimate of drug-likeness (QED) is 0.460. The summed E-state index contributed by atoms with van der Waals surface area (Å²) in [5.74, 6) is -0.195. The van der Waals surface area contributed by atoms with Gasteiger partial charge in [-0.15, -0.1) is 0 Å². The van der Waals surface area contributed by atoms with Crippen LogP contribution in [0.2, 0.25) is 0 Å². The van der Waals surface area contributed by atoms with Crippen molar-refractivity contribution in [3.63, 3.8) is 0 Å². The van der Waals surface area contributed by atoms with Gasteiger partial charge in [0, 0.05) is 23.7 Å². The number of hydrogen-bond donors (Lipinski definition) is 0. The molecule has 0 unspecified atom stereocenters. The first-order valence-corrected chi connectivity index (χ1v) is 9.89. The van der Waals surface area contributed by atoms with Crippen LogP contribution < -0.4 is 5.43 Å². The largest absolute Gasteiger partial charge is 0.347 e. The van der Waals surface area contributed by atoms with Crippen LogP contribution in [-0.2, 0) is 19.9 Å². The van der Waals surface area contributed by atoms with Crippen LogP contribution in [0, 0.1) is 0 Å². The molecule has 3 aromatic carbocycles. The van der Waals surface area contributed by atoms with E-state index in [9.17, 15) is 9.59 Å². The second kappa shape index (κ2) is 7.88. The number of carbonyl (C=O) groups excluding carboxylic acids is 1. The molecule has 0 N–H and O–H groups in total. The van der Waals surface area contributed by atoms with Crippen LogP contribution in [-0.4, -0.2) is 10.4 Å². The molecule has 0 aliphatic heterocycles. The zero-order valence-corrected chi connectivity index (χ0v) is 16.7. The maximum Gasteiger partial charge on any atom is 0.200 e. The summed E-state index contributed by atoms with van der Waals surface area (Å²) in [5, 5.41) is 0.580. The molecule has 0 saturated carbocycles. The van der Waals surface area contributed by atoms with Gasteiger partial charge in [0.15, 0.2) is 5.78 Å². The van der Waals surface area contributed by atoms with Gasteiger partial charge in [-0.25, -0.2) is 0 Å². The van der Waals surface area contributed by atoms with Gasteiger partial charge in [0.05, 0.1) is 11.1 Å². The van der Waals surface area contributed by atoms with Crippen LogP contribution >= 0.6 is 0 Å². The van der Waals surface area contributed by atoms with E-state index in [0.29, 0.717) is 23.8 Å². The van der Waals surface area contributed by atoms with Crippen molar-refractivity contribution in [2.45, 2.75) is 19.8 Å². The smallest absolute Gasteiger partial charge is 0.200 e. The Balaban J connectivity index is 1.89. The number of ketones is 1. The van der Waals surface area contributed by atoms with Crippen molar-refractivity contribution in [3.05, 3.63) is 117 Å². The summed E-state index contributed by atoms with van der Waals surface area (Å²) >= 11 is 0. The van der Waals surface area contributed by atoms with Crippen molar-refractivity contribution in [3.8, 4) is 0 Å². The fourth-order valence-electron chi connectivity index (χ4n) is 4.03. The average Bonchev–Trinajstić information content (AvgIpc) is 2.76. The van der Waals surface area contributed by atoms with E-state index in [2.05, 4.69) is 0 Å². The minimum Gasteiger partial charge on any atom is -0.347 e. The summed E-state index contributed by atoms with van der Waals surface area (Å²) in [4.78, 5) is 27.0. The average molecular weight is 381 g/mol. The predicted octanol–water partition coefficient (Wildman–Crippen LogP) is 4.92. The number of aromatic nitrogens is 1. The summed E-state index contributed by atoms with van der Waals surface area (Å²) in [6.45, 7) is 1.98. The van der Waals surface area contributed by atoms with Crippen molar-refractivity contribution in [2.75, 3.05) is 0 Å². The van der Waals surface area contributed by atoms with E-state index in [1.54, 1.807) is 6.07 Å². The first kappa shape index (κ1) is 18.9. The highest BCUT2D eigenvalue weighted by Gasteiger charge is 2.23. The lowest BCUT2D eigenvalue weighted by Crippen LogP contribution is -2.24. The first-order chi connectivity index (χ1) is 14.1. The molecule has 0 atom stereocenters. The Morgan fingerprint density at radius 3 is 2.28 bits per heavy atom. The Bertz CT molecular complexity index is 1250. The number of aryl methyl sites for hydroxylation is 1.